The lowest BCUT2D eigenvalue weighted by Crippen LogP contribution is -2.52. The molecule has 0 aliphatic carbocycles. The molecule has 0 spiro atoms. The van der Waals surface area contributed by atoms with Gasteiger partial charge in [0, 0.05) is 17.8 Å². The van der Waals surface area contributed by atoms with E-state index in [-0.39, 0.29) is 6.54 Å². The van der Waals surface area contributed by atoms with E-state index >= 15 is 0 Å². The molecule has 0 fully saturated rings. The van der Waals surface area contributed by atoms with Crippen LogP contribution in [0.4, 0.5) is 10.5 Å². The first-order chi connectivity index (χ1) is 18.4. The number of rotatable bonds is 11. The second-order valence-electron chi connectivity index (χ2n) is 10.1. The van der Waals surface area contributed by atoms with Gasteiger partial charge in [-0.25, -0.2) is 4.79 Å². The Bertz CT molecular complexity index is 1210. The van der Waals surface area contributed by atoms with Gasteiger partial charge in [-0.3, -0.25) is 9.59 Å². The molecule has 2 aromatic carbocycles. The van der Waals surface area contributed by atoms with Gasteiger partial charge in [-0.2, -0.15) is 11.8 Å². The van der Waals surface area contributed by atoms with Crippen LogP contribution >= 0.6 is 11.8 Å². The van der Waals surface area contributed by atoms with Gasteiger partial charge in [0.1, 0.15) is 17.7 Å². The van der Waals surface area contributed by atoms with Crippen molar-refractivity contribution in [2.45, 2.75) is 58.7 Å². The molecule has 39 heavy (non-hydrogen) atoms. The van der Waals surface area contributed by atoms with Crippen molar-refractivity contribution < 1.29 is 19.1 Å². The summed E-state index contributed by atoms with van der Waals surface area (Å²) in [5.41, 5.74) is 2.69. The van der Waals surface area contributed by atoms with E-state index in [0.717, 1.165) is 11.1 Å². The van der Waals surface area contributed by atoms with E-state index in [1.807, 2.05) is 38.3 Å². The van der Waals surface area contributed by atoms with Crippen LogP contribution in [0.2, 0.25) is 0 Å². The smallest absolute Gasteiger partial charge is 0.408 e. The molecule has 208 valence electrons. The molecule has 0 aromatic heterocycles. The molecule has 0 saturated heterocycles. The minimum absolute atomic E-state index is 0.0499. The number of hydrogen-bond donors (Lipinski definition) is 2. The highest BCUT2D eigenvalue weighted by atomic mass is 32.2. The van der Waals surface area contributed by atoms with Crippen molar-refractivity contribution in [3.63, 3.8) is 0 Å². The van der Waals surface area contributed by atoms with Crippen LogP contribution in [0.5, 0.6) is 0 Å². The maximum Gasteiger partial charge on any atom is 0.408 e. The highest BCUT2D eigenvalue weighted by Gasteiger charge is 2.36. The summed E-state index contributed by atoms with van der Waals surface area (Å²) in [5, 5.41) is 5.74. The third-order valence-corrected chi connectivity index (χ3v) is 6.55. The lowest BCUT2D eigenvalue weighted by Gasteiger charge is -2.34. The summed E-state index contributed by atoms with van der Waals surface area (Å²) in [5.74, 6) is 2.38. The molecule has 8 heteroatoms. The largest absolute Gasteiger partial charge is 0.444 e. The lowest BCUT2D eigenvalue weighted by atomic mass is 9.97. The summed E-state index contributed by atoms with van der Waals surface area (Å²) in [6.45, 7) is 12.9. The van der Waals surface area contributed by atoms with E-state index in [9.17, 15) is 14.4 Å². The Morgan fingerprint density at radius 3 is 2.33 bits per heavy atom. The van der Waals surface area contributed by atoms with Crippen molar-refractivity contribution in [2.24, 2.45) is 0 Å². The summed E-state index contributed by atoms with van der Waals surface area (Å²) in [4.78, 5) is 42.2. The molecular weight excluding hydrogens is 510 g/mol. The van der Waals surface area contributed by atoms with E-state index in [2.05, 4.69) is 23.1 Å². The number of carbonyl (C=O) groups is 3. The fraction of sp³-hybridized carbons (Fsp3) is 0.387. The number of nitrogens with zero attached hydrogens (tertiary/aromatic N) is 1. The number of terminal acetylenes is 1. The number of carbonyl (C=O) groups excluding carboxylic acids is 3. The van der Waals surface area contributed by atoms with Crippen LogP contribution in [-0.4, -0.2) is 53.0 Å². The minimum atomic E-state index is -1.08. The summed E-state index contributed by atoms with van der Waals surface area (Å²) >= 11 is 1.55. The number of benzene rings is 2. The van der Waals surface area contributed by atoms with Gasteiger partial charge in [0.15, 0.2) is 0 Å². The molecule has 0 aliphatic rings. The van der Waals surface area contributed by atoms with Crippen LogP contribution in [0.1, 0.15) is 55.5 Å². The maximum absolute atomic E-state index is 14.1. The lowest BCUT2D eigenvalue weighted by molar-refractivity contribution is -0.140. The van der Waals surface area contributed by atoms with Gasteiger partial charge in [0.05, 0.1) is 0 Å². The highest BCUT2D eigenvalue weighted by Crippen LogP contribution is 2.29. The van der Waals surface area contributed by atoms with Gasteiger partial charge < -0.3 is 20.3 Å². The van der Waals surface area contributed by atoms with Gasteiger partial charge >= 0.3 is 6.09 Å². The van der Waals surface area contributed by atoms with Crippen molar-refractivity contribution >= 4 is 35.4 Å². The number of ether oxygens (including phenoxy) is 1. The summed E-state index contributed by atoms with van der Waals surface area (Å²) in [6.07, 6.45) is 8.91. The number of para-hydroxylation sites is 1. The number of aryl methyl sites for hydroxylation is 2. The predicted molar refractivity (Wildman–Crippen MR) is 160 cm³/mol. The molecule has 2 rings (SSSR count). The molecule has 0 heterocycles. The predicted octanol–water partition coefficient (Wildman–Crippen LogP) is 5.63. The second kappa shape index (κ2) is 14.5. The van der Waals surface area contributed by atoms with Crippen molar-refractivity contribution in [1.82, 2.24) is 10.2 Å². The van der Waals surface area contributed by atoms with Crippen molar-refractivity contribution in [3.05, 3.63) is 77.4 Å². The molecule has 2 N–H and O–H groups in total. The van der Waals surface area contributed by atoms with E-state index in [1.165, 1.54) is 4.90 Å². The summed E-state index contributed by atoms with van der Waals surface area (Å²) < 4.78 is 5.42. The van der Waals surface area contributed by atoms with E-state index < -0.39 is 35.6 Å². The summed E-state index contributed by atoms with van der Waals surface area (Å²) in [7, 11) is 0. The standard InChI is InChI=1S/C31H39N3O4S/c1-9-19-34(29(36)25(18-20-39-8)32-30(37)38-31(5,6)7)27(24-17-12-11-16-23(24)10-2)28(35)33-26-21(3)14-13-15-22(26)4/h2,9,11-17,25,27H,1,18-20H2,3-8H3,(H,32,37)(H,33,35). The van der Waals surface area contributed by atoms with Crippen LogP contribution in [-0.2, 0) is 14.3 Å². The van der Waals surface area contributed by atoms with Crippen molar-refractivity contribution in [2.75, 3.05) is 23.9 Å². The number of thioether (sulfide) groups is 1. The molecule has 3 amide bonds. The van der Waals surface area contributed by atoms with Crippen LogP contribution in [0.3, 0.4) is 0 Å². The topological polar surface area (TPSA) is 87.7 Å². The van der Waals surface area contributed by atoms with Crippen molar-refractivity contribution in [1.29, 1.82) is 0 Å². The Balaban J connectivity index is 2.59. The molecule has 0 radical (unpaired) electrons. The Kier molecular flexibility index (Phi) is 11.7. The second-order valence-corrected chi connectivity index (χ2v) is 11.1. The third kappa shape index (κ3) is 8.93. The zero-order chi connectivity index (χ0) is 29.2. The average molecular weight is 550 g/mol. The third-order valence-electron chi connectivity index (χ3n) is 5.91. The van der Waals surface area contributed by atoms with E-state index in [4.69, 9.17) is 11.2 Å². The van der Waals surface area contributed by atoms with Crippen LogP contribution < -0.4 is 10.6 Å². The first-order valence-corrected chi connectivity index (χ1v) is 14.1. The van der Waals surface area contributed by atoms with Gasteiger partial charge in [0.25, 0.3) is 5.91 Å². The first kappa shape index (κ1) is 31.5. The van der Waals surface area contributed by atoms with Gasteiger partial charge in [-0.05, 0) is 75.8 Å². The normalized spacial score (nSPS) is 12.4. The number of alkyl carbamates (subject to hydrolysis) is 1. The Labute approximate surface area is 236 Å². The Morgan fingerprint density at radius 2 is 1.77 bits per heavy atom. The maximum atomic E-state index is 14.1. The molecule has 0 aliphatic heterocycles. The molecule has 0 saturated carbocycles. The van der Waals surface area contributed by atoms with Crippen molar-refractivity contribution in [3.8, 4) is 12.3 Å². The Morgan fingerprint density at radius 1 is 1.13 bits per heavy atom. The molecule has 2 atom stereocenters. The number of hydrogen-bond acceptors (Lipinski definition) is 5. The van der Waals surface area contributed by atoms with Gasteiger partial charge in [-0.15, -0.1) is 13.0 Å². The molecule has 7 nitrogen and oxygen atoms in total. The number of nitrogens with one attached hydrogen (secondary N) is 2. The molecule has 2 unspecified atom stereocenters. The van der Waals surface area contributed by atoms with Crippen LogP contribution in [0.25, 0.3) is 0 Å². The van der Waals surface area contributed by atoms with Gasteiger partial charge in [0.2, 0.25) is 5.91 Å². The van der Waals surface area contributed by atoms with Crippen LogP contribution in [0.15, 0.2) is 55.1 Å². The quantitative estimate of drug-likeness (QED) is 0.280. The minimum Gasteiger partial charge on any atom is -0.444 e. The first-order valence-electron chi connectivity index (χ1n) is 12.8. The SMILES string of the molecule is C#Cc1ccccc1C(C(=O)Nc1c(C)cccc1C)N(CC=C)C(=O)C(CCSC)NC(=O)OC(C)(C)C. The number of anilines is 1. The zero-order valence-corrected chi connectivity index (χ0v) is 24.5. The average Bonchev–Trinajstić information content (AvgIpc) is 2.87. The number of amides is 3. The van der Waals surface area contributed by atoms with Crippen LogP contribution in [0, 0.1) is 26.2 Å². The highest BCUT2D eigenvalue weighted by molar-refractivity contribution is 7.98. The monoisotopic (exact) mass is 549 g/mol. The van der Waals surface area contributed by atoms with E-state index in [0.29, 0.717) is 29.0 Å². The Hall–Kier alpha value is -3.70. The molecule has 2 aromatic rings. The van der Waals surface area contributed by atoms with Gasteiger partial charge in [-0.1, -0.05) is 48.4 Å². The van der Waals surface area contributed by atoms with E-state index in [1.54, 1.807) is 62.9 Å². The fourth-order valence-corrected chi connectivity index (χ4v) is 4.60. The molecule has 0 bridgehead atoms. The fourth-order valence-electron chi connectivity index (χ4n) is 4.13. The molecular formula is C31H39N3O4S. The summed E-state index contributed by atoms with van der Waals surface area (Å²) in [6, 6.07) is 10.7. The zero-order valence-electron chi connectivity index (χ0n) is 23.7.